The van der Waals surface area contributed by atoms with Crippen LogP contribution < -0.4 is 5.32 Å². The van der Waals surface area contributed by atoms with Gasteiger partial charge in [-0.25, -0.2) is 0 Å². The molecule has 4 nitrogen and oxygen atoms in total. The van der Waals surface area contributed by atoms with E-state index < -0.39 is 0 Å². The number of rotatable bonds is 3. The molecule has 2 unspecified atom stereocenters. The SMILES string of the molecule is O=C1NCCCCC1N1CCCCC1CCO. The molecule has 0 radical (unpaired) electrons. The smallest absolute Gasteiger partial charge is 0.237 e. The summed E-state index contributed by atoms with van der Waals surface area (Å²) in [5, 5.41) is 12.1. The predicted octanol–water partition coefficient (Wildman–Crippen LogP) is 0.892. The first-order chi connectivity index (χ1) is 8.33. The van der Waals surface area contributed by atoms with E-state index >= 15 is 0 Å². The highest BCUT2D eigenvalue weighted by atomic mass is 16.3. The van der Waals surface area contributed by atoms with Crippen LogP contribution in [0.15, 0.2) is 0 Å². The summed E-state index contributed by atoms with van der Waals surface area (Å²) >= 11 is 0. The Morgan fingerprint density at radius 1 is 1.24 bits per heavy atom. The molecular formula is C13H24N2O2. The summed E-state index contributed by atoms with van der Waals surface area (Å²) in [6.07, 6.45) is 7.57. The lowest BCUT2D eigenvalue weighted by molar-refractivity contribution is -0.128. The maximum Gasteiger partial charge on any atom is 0.237 e. The molecule has 17 heavy (non-hydrogen) atoms. The highest BCUT2D eigenvalue weighted by molar-refractivity contribution is 5.82. The van der Waals surface area contributed by atoms with Crippen LogP contribution in [0.3, 0.4) is 0 Å². The van der Waals surface area contributed by atoms with Gasteiger partial charge >= 0.3 is 0 Å². The zero-order valence-corrected chi connectivity index (χ0v) is 10.5. The average Bonchev–Trinajstić information content (AvgIpc) is 2.55. The molecule has 4 heteroatoms. The fourth-order valence-corrected chi connectivity index (χ4v) is 3.13. The molecule has 2 atom stereocenters. The number of hydrogen-bond donors (Lipinski definition) is 2. The predicted molar refractivity (Wildman–Crippen MR) is 66.7 cm³/mol. The molecule has 98 valence electrons. The summed E-state index contributed by atoms with van der Waals surface area (Å²) in [6, 6.07) is 0.456. The number of aliphatic hydroxyl groups excluding tert-OH is 1. The summed E-state index contributed by atoms with van der Waals surface area (Å²) in [4.78, 5) is 14.4. The fraction of sp³-hybridized carbons (Fsp3) is 0.923. The number of amides is 1. The Morgan fingerprint density at radius 2 is 2.06 bits per heavy atom. The molecule has 2 N–H and O–H groups in total. The van der Waals surface area contributed by atoms with E-state index in [0.717, 1.165) is 45.2 Å². The van der Waals surface area contributed by atoms with Gasteiger partial charge in [0.2, 0.25) is 5.91 Å². The second-order valence-electron chi connectivity index (χ2n) is 5.20. The van der Waals surface area contributed by atoms with E-state index in [4.69, 9.17) is 5.11 Å². The quantitative estimate of drug-likeness (QED) is 0.770. The normalized spacial score (nSPS) is 31.9. The number of carbonyl (C=O) groups is 1. The second-order valence-corrected chi connectivity index (χ2v) is 5.20. The number of aliphatic hydroxyl groups is 1. The van der Waals surface area contributed by atoms with Crippen molar-refractivity contribution in [3.05, 3.63) is 0 Å². The van der Waals surface area contributed by atoms with E-state index in [-0.39, 0.29) is 18.6 Å². The van der Waals surface area contributed by atoms with Gasteiger partial charge in [-0.15, -0.1) is 0 Å². The van der Waals surface area contributed by atoms with Crippen LogP contribution in [0.5, 0.6) is 0 Å². The van der Waals surface area contributed by atoms with E-state index in [1.165, 1.54) is 12.8 Å². The van der Waals surface area contributed by atoms with Gasteiger partial charge in [0.1, 0.15) is 0 Å². The molecule has 0 bridgehead atoms. The summed E-state index contributed by atoms with van der Waals surface area (Å²) < 4.78 is 0. The van der Waals surface area contributed by atoms with Gasteiger partial charge in [0, 0.05) is 19.2 Å². The number of nitrogens with one attached hydrogen (secondary N) is 1. The van der Waals surface area contributed by atoms with E-state index in [1.54, 1.807) is 0 Å². The monoisotopic (exact) mass is 240 g/mol. The van der Waals surface area contributed by atoms with Crippen molar-refractivity contribution in [1.29, 1.82) is 0 Å². The molecule has 0 aromatic carbocycles. The van der Waals surface area contributed by atoms with E-state index in [1.807, 2.05) is 0 Å². The Hall–Kier alpha value is -0.610. The summed E-state index contributed by atoms with van der Waals surface area (Å²) in [5.74, 6) is 0.201. The number of likely N-dealkylation sites (tertiary alicyclic amines) is 1. The van der Waals surface area contributed by atoms with Gasteiger partial charge in [-0.2, -0.15) is 0 Å². The molecule has 2 aliphatic rings. The van der Waals surface area contributed by atoms with Crippen molar-refractivity contribution < 1.29 is 9.90 Å². The summed E-state index contributed by atoms with van der Waals surface area (Å²) in [5.41, 5.74) is 0. The third-order valence-corrected chi connectivity index (χ3v) is 4.04. The van der Waals surface area contributed by atoms with Gasteiger partial charge in [-0.3, -0.25) is 9.69 Å². The first kappa shape index (κ1) is 12.8. The van der Waals surface area contributed by atoms with Crippen molar-refractivity contribution in [3.63, 3.8) is 0 Å². The van der Waals surface area contributed by atoms with Crippen LogP contribution in [0.25, 0.3) is 0 Å². The van der Waals surface area contributed by atoms with Crippen molar-refractivity contribution in [2.45, 2.75) is 57.0 Å². The lowest BCUT2D eigenvalue weighted by Crippen LogP contribution is -2.52. The Labute approximate surface area is 103 Å². The first-order valence-electron chi connectivity index (χ1n) is 6.97. The molecule has 2 rings (SSSR count). The van der Waals surface area contributed by atoms with Crippen LogP contribution in [0.2, 0.25) is 0 Å². The van der Waals surface area contributed by atoms with Crippen LogP contribution in [-0.4, -0.2) is 47.7 Å². The van der Waals surface area contributed by atoms with Crippen molar-refractivity contribution in [3.8, 4) is 0 Å². The molecular weight excluding hydrogens is 216 g/mol. The number of nitrogens with zero attached hydrogens (tertiary/aromatic N) is 1. The molecule has 0 aromatic heterocycles. The molecule has 0 aliphatic carbocycles. The Morgan fingerprint density at radius 3 is 2.88 bits per heavy atom. The molecule has 0 saturated carbocycles. The zero-order valence-electron chi connectivity index (χ0n) is 10.5. The third-order valence-electron chi connectivity index (χ3n) is 4.04. The van der Waals surface area contributed by atoms with E-state index in [2.05, 4.69) is 10.2 Å². The topological polar surface area (TPSA) is 52.6 Å². The molecule has 2 saturated heterocycles. The maximum absolute atomic E-state index is 12.0. The highest BCUT2D eigenvalue weighted by Gasteiger charge is 2.33. The lowest BCUT2D eigenvalue weighted by Gasteiger charge is -2.40. The Balaban J connectivity index is 2.02. The molecule has 2 fully saturated rings. The van der Waals surface area contributed by atoms with Crippen molar-refractivity contribution in [2.24, 2.45) is 0 Å². The van der Waals surface area contributed by atoms with Gasteiger partial charge in [0.05, 0.1) is 6.04 Å². The van der Waals surface area contributed by atoms with Gasteiger partial charge < -0.3 is 10.4 Å². The Bertz CT molecular complexity index is 256. The molecule has 1 amide bonds. The summed E-state index contributed by atoms with van der Waals surface area (Å²) in [6.45, 7) is 2.08. The number of hydrogen-bond acceptors (Lipinski definition) is 3. The lowest BCUT2D eigenvalue weighted by atomic mass is 9.95. The average molecular weight is 240 g/mol. The van der Waals surface area contributed by atoms with Crippen molar-refractivity contribution >= 4 is 5.91 Å². The zero-order chi connectivity index (χ0) is 12.1. The minimum atomic E-state index is 0.0503. The number of carbonyl (C=O) groups excluding carboxylic acids is 1. The fourth-order valence-electron chi connectivity index (χ4n) is 3.13. The van der Waals surface area contributed by atoms with Crippen LogP contribution in [0.1, 0.15) is 44.9 Å². The van der Waals surface area contributed by atoms with Crippen LogP contribution >= 0.6 is 0 Å². The number of piperidine rings is 1. The van der Waals surface area contributed by atoms with Crippen molar-refractivity contribution in [2.75, 3.05) is 19.7 Å². The standard InChI is InChI=1S/C13H24N2O2/c16-10-7-11-5-2-4-9-15(11)12-6-1-3-8-14-13(12)17/h11-12,16H,1-10H2,(H,14,17). The van der Waals surface area contributed by atoms with Gasteiger partial charge in [0.15, 0.2) is 0 Å². The summed E-state index contributed by atoms with van der Waals surface area (Å²) in [7, 11) is 0. The van der Waals surface area contributed by atoms with Gasteiger partial charge in [0.25, 0.3) is 0 Å². The molecule has 2 heterocycles. The van der Waals surface area contributed by atoms with Gasteiger partial charge in [-0.1, -0.05) is 6.42 Å². The molecule has 0 aromatic rings. The van der Waals surface area contributed by atoms with Crippen LogP contribution in [0.4, 0.5) is 0 Å². The first-order valence-corrected chi connectivity index (χ1v) is 6.97. The van der Waals surface area contributed by atoms with Gasteiger partial charge in [-0.05, 0) is 45.1 Å². The molecule has 0 spiro atoms. The second kappa shape index (κ2) is 6.36. The molecule has 2 aliphatic heterocycles. The largest absolute Gasteiger partial charge is 0.396 e. The van der Waals surface area contributed by atoms with E-state index in [9.17, 15) is 4.79 Å². The van der Waals surface area contributed by atoms with Crippen molar-refractivity contribution in [1.82, 2.24) is 10.2 Å². The third kappa shape index (κ3) is 3.19. The minimum Gasteiger partial charge on any atom is -0.396 e. The van der Waals surface area contributed by atoms with E-state index in [0.29, 0.717) is 6.04 Å². The Kier molecular flexibility index (Phi) is 4.80. The van der Waals surface area contributed by atoms with Crippen LogP contribution in [0, 0.1) is 0 Å². The minimum absolute atomic E-state index is 0.0503. The highest BCUT2D eigenvalue weighted by Crippen LogP contribution is 2.25. The van der Waals surface area contributed by atoms with Crippen LogP contribution in [-0.2, 0) is 4.79 Å². The maximum atomic E-state index is 12.0.